The van der Waals surface area contributed by atoms with Gasteiger partial charge in [0.15, 0.2) is 5.78 Å². The highest BCUT2D eigenvalue weighted by Gasteiger charge is 2.41. The highest BCUT2D eigenvalue weighted by Crippen LogP contribution is 2.29. The van der Waals surface area contributed by atoms with Gasteiger partial charge in [-0.2, -0.15) is 0 Å². The zero-order valence-electron chi connectivity index (χ0n) is 9.95. The van der Waals surface area contributed by atoms with Crippen LogP contribution in [0.15, 0.2) is 6.33 Å². The van der Waals surface area contributed by atoms with Gasteiger partial charge in [-0.25, -0.2) is 4.98 Å². The minimum absolute atomic E-state index is 0.00146. The molecule has 1 aromatic rings. The number of nitrogens with two attached hydrogens (primary N) is 1. The van der Waals surface area contributed by atoms with Gasteiger partial charge in [0.05, 0.1) is 12.6 Å². The quantitative estimate of drug-likeness (QED) is 0.744. The summed E-state index contributed by atoms with van der Waals surface area (Å²) < 4.78 is 1.53. The van der Waals surface area contributed by atoms with Gasteiger partial charge in [-0.1, -0.05) is 0 Å². The van der Waals surface area contributed by atoms with Crippen LogP contribution in [0.1, 0.15) is 23.5 Å². The molecule has 2 N–H and O–H groups in total. The fraction of sp³-hybridized carbons (Fsp3) is 0.636. The van der Waals surface area contributed by atoms with E-state index in [0.29, 0.717) is 12.3 Å². The van der Waals surface area contributed by atoms with Gasteiger partial charge in [-0.3, -0.25) is 19.2 Å². The number of amides is 1. The molecule has 1 unspecified atom stereocenters. The van der Waals surface area contributed by atoms with Crippen LogP contribution in [-0.2, 0) is 11.3 Å². The van der Waals surface area contributed by atoms with E-state index in [-0.39, 0.29) is 17.8 Å². The van der Waals surface area contributed by atoms with Crippen LogP contribution in [0.3, 0.4) is 0 Å². The second-order valence-corrected chi connectivity index (χ2v) is 4.88. The highest BCUT2D eigenvalue weighted by atomic mass is 16.1. The van der Waals surface area contributed by atoms with E-state index in [1.165, 1.54) is 11.0 Å². The summed E-state index contributed by atoms with van der Waals surface area (Å²) in [5.74, 6) is -0.147. The second kappa shape index (κ2) is 4.16. The molecule has 3 aliphatic rings. The van der Waals surface area contributed by atoms with Crippen molar-refractivity contribution in [3.8, 4) is 0 Å². The predicted octanol–water partition coefficient (Wildman–Crippen LogP) is -0.960. The van der Waals surface area contributed by atoms with E-state index in [2.05, 4.69) is 15.0 Å². The average Bonchev–Trinajstić information content (AvgIpc) is 2.83. The first kappa shape index (κ1) is 11.3. The number of piperidine rings is 3. The molecular weight excluding hydrogens is 234 g/mol. The van der Waals surface area contributed by atoms with Crippen molar-refractivity contribution in [2.24, 2.45) is 11.7 Å². The molecule has 96 valence electrons. The van der Waals surface area contributed by atoms with E-state index in [4.69, 9.17) is 5.73 Å². The molecule has 18 heavy (non-hydrogen) atoms. The fourth-order valence-corrected chi connectivity index (χ4v) is 2.83. The molecule has 1 amide bonds. The van der Waals surface area contributed by atoms with Gasteiger partial charge in [-0.05, 0) is 25.9 Å². The Morgan fingerprint density at radius 2 is 2.17 bits per heavy atom. The van der Waals surface area contributed by atoms with E-state index in [0.717, 1.165) is 25.9 Å². The lowest BCUT2D eigenvalue weighted by Crippen LogP contribution is -2.56. The molecule has 7 nitrogen and oxygen atoms in total. The molecule has 0 aromatic carbocycles. The molecule has 1 aromatic heterocycles. The number of primary amides is 1. The summed E-state index contributed by atoms with van der Waals surface area (Å²) in [4.78, 5) is 29.0. The Morgan fingerprint density at radius 3 is 2.72 bits per heavy atom. The summed E-state index contributed by atoms with van der Waals surface area (Å²) in [6.45, 7) is 2.40. The molecule has 0 spiro atoms. The van der Waals surface area contributed by atoms with Crippen molar-refractivity contribution >= 4 is 11.7 Å². The van der Waals surface area contributed by atoms with Crippen molar-refractivity contribution in [2.45, 2.75) is 25.4 Å². The Hall–Kier alpha value is -1.76. The van der Waals surface area contributed by atoms with Gasteiger partial charge in [0.2, 0.25) is 5.82 Å². The number of Topliss-reactive ketones (excluding diaryl/α,β-unsaturated/α-hetero) is 1. The topological polar surface area (TPSA) is 94.1 Å². The van der Waals surface area contributed by atoms with Crippen LogP contribution in [0.4, 0.5) is 0 Å². The predicted molar refractivity (Wildman–Crippen MR) is 61.6 cm³/mol. The lowest BCUT2D eigenvalue weighted by molar-refractivity contribution is -0.137. The van der Waals surface area contributed by atoms with E-state index < -0.39 is 5.91 Å². The van der Waals surface area contributed by atoms with Gasteiger partial charge >= 0.3 is 0 Å². The number of ketones is 1. The van der Waals surface area contributed by atoms with E-state index in [9.17, 15) is 9.59 Å². The minimum atomic E-state index is -0.648. The maximum absolute atomic E-state index is 12.1. The Bertz CT molecular complexity index is 489. The fourth-order valence-electron chi connectivity index (χ4n) is 2.83. The van der Waals surface area contributed by atoms with E-state index >= 15 is 0 Å². The summed E-state index contributed by atoms with van der Waals surface area (Å²) >= 11 is 0. The van der Waals surface area contributed by atoms with Crippen LogP contribution >= 0.6 is 0 Å². The van der Waals surface area contributed by atoms with Crippen molar-refractivity contribution < 1.29 is 9.59 Å². The number of hydrogen-bond acceptors (Lipinski definition) is 5. The van der Waals surface area contributed by atoms with E-state index in [1.54, 1.807) is 0 Å². The van der Waals surface area contributed by atoms with Crippen molar-refractivity contribution in [1.29, 1.82) is 0 Å². The third kappa shape index (κ3) is 1.80. The van der Waals surface area contributed by atoms with Gasteiger partial charge in [0, 0.05) is 5.92 Å². The molecule has 4 heterocycles. The molecule has 2 bridgehead atoms. The normalized spacial score (nSPS) is 30.7. The number of carbonyl (C=O) groups excluding carboxylic acids is 2. The van der Waals surface area contributed by atoms with Crippen LogP contribution in [0.25, 0.3) is 0 Å². The minimum Gasteiger partial charge on any atom is -0.363 e. The number of nitrogens with zero attached hydrogens (tertiary/aromatic N) is 4. The Kier molecular flexibility index (Phi) is 2.62. The van der Waals surface area contributed by atoms with Crippen LogP contribution in [0.5, 0.6) is 0 Å². The zero-order chi connectivity index (χ0) is 12.7. The number of aromatic nitrogens is 3. The highest BCUT2D eigenvalue weighted by molar-refractivity contribution is 5.89. The van der Waals surface area contributed by atoms with Gasteiger partial charge < -0.3 is 5.73 Å². The van der Waals surface area contributed by atoms with Crippen LogP contribution in [0, 0.1) is 5.92 Å². The first-order valence-corrected chi connectivity index (χ1v) is 6.12. The summed E-state index contributed by atoms with van der Waals surface area (Å²) in [5, 5.41) is 3.97. The number of hydrogen-bond donors (Lipinski definition) is 1. The lowest BCUT2D eigenvalue weighted by atomic mass is 9.82. The van der Waals surface area contributed by atoms with Crippen LogP contribution in [0.2, 0.25) is 0 Å². The molecule has 7 heteroatoms. The molecule has 3 aliphatic heterocycles. The lowest BCUT2D eigenvalue weighted by Gasteiger charge is -2.43. The second-order valence-electron chi connectivity index (χ2n) is 4.88. The van der Waals surface area contributed by atoms with Gasteiger partial charge in [-0.15, -0.1) is 5.10 Å². The van der Waals surface area contributed by atoms with Crippen LogP contribution < -0.4 is 5.73 Å². The maximum Gasteiger partial charge on any atom is 0.288 e. The SMILES string of the molecule is NC(=O)c1ncn(CC2C(=O)C3CCN2CC3)n1. The zero-order valence-corrected chi connectivity index (χ0v) is 9.95. The summed E-state index contributed by atoms with van der Waals surface area (Å²) in [5.41, 5.74) is 5.09. The van der Waals surface area contributed by atoms with Crippen molar-refractivity contribution in [1.82, 2.24) is 19.7 Å². The van der Waals surface area contributed by atoms with Crippen molar-refractivity contribution in [2.75, 3.05) is 13.1 Å². The summed E-state index contributed by atoms with van der Waals surface area (Å²) in [6, 6.07) is -0.125. The summed E-state index contributed by atoms with van der Waals surface area (Å²) in [6.07, 6.45) is 3.40. The third-order valence-electron chi connectivity index (χ3n) is 3.82. The number of fused-ring (bicyclic) bond motifs is 3. The molecule has 0 saturated carbocycles. The molecule has 3 fully saturated rings. The molecule has 0 aliphatic carbocycles. The average molecular weight is 249 g/mol. The molecule has 1 atom stereocenters. The Balaban J connectivity index is 1.75. The standard InChI is InChI=1S/C11H15N5O2/c12-10(18)11-13-6-16(14-11)5-8-9(17)7-1-3-15(8)4-2-7/h6-8H,1-5H2,(H2,12,18). The number of carbonyl (C=O) groups is 2. The molecule has 0 radical (unpaired) electrons. The van der Waals surface area contributed by atoms with Crippen molar-refractivity contribution in [3.05, 3.63) is 12.2 Å². The summed E-state index contributed by atoms with van der Waals surface area (Å²) in [7, 11) is 0. The van der Waals surface area contributed by atoms with Gasteiger partial charge in [0.25, 0.3) is 5.91 Å². The first-order chi connectivity index (χ1) is 8.65. The largest absolute Gasteiger partial charge is 0.363 e. The third-order valence-corrected chi connectivity index (χ3v) is 3.82. The smallest absolute Gasteiger partial charge is 0.288 e. The Morgan fingerprint density at radius 1 is 1.44 bits per heavy atom. The van der Waals surface area contributed by atoms with E-state index in [1.807, 2.05) is 0 Å². The molecule has 4 rings (SSSR count). The van der Waals surface area contributed by atoms with Crippen molar-refractivity contribution in [3.63, 3.8) is 0 Å². The number of rotatable bonds is 3. The first-order valence-electron chi connectivity index (χ1n) is 6.12. The molecule has 3 saturated heterocycles. The van der Waals surface area contributed by atoms with Gasteiger partial charge in [0.1, 0.15) is 6.33 Å². The molecular formula is C11H15N5O2. The van der Waals surface area contributed by atoms with Crippen LogP contribution in [-0.4, -0.2) is 50.5 Å². The monoisotopic (exact) mass is 249 g/mol. The maximum atomic E-state index is 12.1. The Labute approximate surface area is 104 Å².